The molecule has 0 amide bonds. The van der Waals surface area contributed by atoms with E-state index in [2.05, 4.69) is 24.0 Å². The largest absolute Gasteiger partial charge is 0.384 e. The molecule has 0 radical (unpaired) electrons. The van der Waals surface area contributed by atoms with Gasteiger partial charge in [0.25, 0.3) is 0 Å². The van der Waals surface area contributed by atoms with E-state index in [1.807, 2.05) is 23.3 Å². The molecule has 1 aliphatic heterocycles. The molecule has 7 heteroatoms. The zero-order chi connectivity index (χ0) is 19.8. The number of allylic oxidation sites excluding steroid dienone is 3. The van der Waals surface area contributed by atoms with Crippen LogP contribution >= 0.6 is 23.1 Å². The Hall–Kier alpha value is -2.56. The number of Topliss-reactive ketones (excluding diaryl/α,β-unsaturated/α-hetero) is 1. The van der Waals surface area contributed by atoms with E-state index in [-0.39, 0.29) is 5.78 Å². The molecule has 1 unspecified atom stereocenters. The molecule has 0 saturated heterocycles. The Kier molecular flexibility index (Phi) is 5.00. The number of nitriles is 1. The first kappa shape index (κ1) is 18.8. The Morgan fingerprint density at radius 2 is 2.25 bits per heavy atom. The summed E-state index contributed by atoms with van der Waals surface area (Å²) in [5.41, 5.74) is 10.4. The van der Waals surface area contributed by atoms with Crippen molar-refractivity contribution < 1.29 is 4.79 Å². The SMILES string of the molecule is CSc1sc(C)cc1C1C(C#N)=C(N)N(c2cccnc2)C2=C1C(=O)CCC2. The van der Waals surface area contributed by atoms with Crippen molar-refractivity contribution in [3.8, 4) is 6.07 Å². The topological polar surface area (TPSA) is 83.0 Å². The highest BCUT2D eigenvalue weighted by atomic mass is 32.2. The standard InChI is InChI=1S/C21H20N4OS2/c1-12-9-14(21(27-2)28-12)18-15(10-22)20(23)25(13-5-4-8-24-11-13)16-6-3-7-17(26)19(16)18/h4-5,8-9,11,18H,3,6-7,23H2,1-2H3. The predicted molar refractivity (Wildman–Crippen MR) is 113 cm³/mol. The van der Waals surface area contributed by atoms with Gasteiger partial charge in [0.1, 0.15) is 5.82 Å². The summed E-state index contributed by atoms with van der Waals surface area (Å²) in [5, 5.41) is 10.0. The zero-order valence-corrected chi connectivity index (χ0v) is 17.4. The van der Waals surface area contributed by atoms with Gasteiger partial charge >= 0.3 is 0 Å². The Morgan fingerprint density at radius 1 is 1.43 bits per heavy atom. The fraction of sp³-hybridized carbons (Fsp3) is 0.286. The number of hydrogen-bond donors (Lipinski definition) is 1. The van der Waals surface area contributed by atoms with Crippen molar-refractivity contribution in [2.75, 3.05) is 11.2 Å². The van der Waals surface area contributed by atoms with Gasteiger partial charge in [-0.2, -0.15) is 5.26 Å². The maximum absolute atomic E-state index is 13.1. The van der Waals surface area contributed by atoms with E-state index in [0.29, 0.717) is 23.4 Å². The minimum atomic E-state index is -0.395. The van der Waals surface area contributed by atoms with Crippen LogP contribution in [0.5, 0.6) is 0 Å². The lowest BCUT2D eigenvalue weighted by atomic mass is 9.76. The van der Waals surface area contributed by atoms with Gasteiger partial charge in [-0.25, -0.2) is 0 Å². The number of thiophene rings is 1. The molecule has 4 rings (SSSR count). The van der Waals surface area contributed by atoms with Gasteiger partial charge in [-0.3, -0.25) is 14.7 Å². The van der Waals surface area contributed by atoms with Crippen molar-refractivity contribution in [2.24, 2.45) is 5.73 Å². The number of anilines is 1. The highest BCUT2D eigenvalue weighted by Crippen LogP contribution is 2.49. The van der Waals surface area contributed by atoms with Crippen molar-refractivity contribution in [2.45, 2.75) is 36.3 Å². The normalized spacial score (nSPS) is 19.7. The van der Waals surface area contributed by atoms with Gasteiger partial charge in [-0.15, -0.1) is 23.1 Å². The molecule has 2 aliphatic rings. The molecule has 1 aliphatic carbocycles. The van der Waals surface area contributed by atoms with Crippen molar-refractivity contribution in [1.29, 1.82) is 5.26 Å². The lowest BCUT2D eigenvalue weighted by Crippen LogP contribution is -2.38. The van der Waals surface area contributed by atoms with Gasteiger partial charge in [0.05, 0.1) is 33.7 Å². The number of pyridine rings is 1. The number of nitrogens with two attached hydrogens (primary N) is 1. The summed E-state index contributed by atoms with van der Waals surface area (Å²) in [6.45, 7) is 2.05. The van der Waals surface area contributed by atoms with E-state index in [9.17, 15) is 10.1 Å². The van der Waals surface area contributed by atoms with Crippen molar-refractivity contribution >= 4 is 34.6 Å². The summed E-state index contributed by atoms with van der Waals surface area (Å²) in [6, 6.07) is 8.15. The number of ketones is 1. The molecule has 5 nitrogen and oxygen atoms in total. The Balaban J connectivity index is 1.99. The number of carbonyl (C=O) groups is 1. The first-order valence-electron chi connectivity index (χ1n) is 9.07. The van der Waals surface area contributed by atoms with Crippen LogP contribution in [0, 0.1) is 18.3 Å². The van der Waals surface area contributed by atoms with Crippen LogP contribution in [0.1, 0.15) is 35.6 Å². The molecule has 0 aromatic carbocycles. The third-order valence-electron chi connectivity index (χ3n) is 5.16. The minimum Gasteiger partial charge on any atom is -0.384 e. The number of aryl methyl sites for hydroxylation is 1. The molecule has 0 bridgehead atoms. The molecular formula is C21H20N4OS2. The molecule has 28 heavy (non-hydrogen) atoms. The maximum Gasteiger partial charge on any atom is 0.161 e. The summed E-state index contributed by atoms with van der Waals surface area (Å²) in [5.74, 6) is 0.106. The van der Waals surface area contributed by atoms with Crippen LogP contribution < -0.4 is 10.6 Å². The highest BCUT2D eigenvalue weighted by Gasteiger charge is 2.41. The predicted octanol–water partition coefficient (Wildman–Crippen LogP) is 4.48. The first-order valence-corrected chi connectivity index (χ1v) is 11.1. The van der Waals surface area contributed by atoms with E-state index < -0.39 is 5.92 Å². The molecule has 0 saturated carbocycles. The molecule has 2 N–H and O–H groups in total. The summed E-state index contributed by atoms with van der Waals surface area (Å²) in [6.07, 6.45) is 7.48. The lowest BCUT2D eigenvalue weighted by Gasteiger charge is -2.39. The average molecular weight is 409 g/mol. The number of hydrogen-bond acceptors (Lipinski definition) is 7. The number of nitrogens with zero attached hydrogens (tertiary/aromatic N) is 3. The van der Waals surface area contributed by atoms with Gasteiger partial charge in [0.2, 0.25) is 0 Å². The van der Waals surface area contributed by atoms with E-state index in [0.717, 1.165) is 38.9 Å². The van der Waals surface area contributed by atoms with E-state index >= 15 is 0 Å². The van der Waals surface area contributed by atoms with Gasteiger partial charge < -0.3 is 5.73 Å². The molecule has 1 atom stereocenters. The molecule has 0 fully saturated rings. The van der Waals surface area contributed by atoms with Gasteiger partial charge in [0.15, 0.2) is 5.78 Å². The number of carbonyl (C=O) groups excluding carboxylic acids is 1. The number of aromatic nitrogens is 1. The second-order valence-electron chi connectivity index (χ2n) is 6.83. The second kappa shape index (κ2) is 7.46. The number of thioether (sulfide) groups is 1. The Morgan fingerprint density at radius 3 is 2.93 bits per heavy atom. The first-order chi connectivity index (χ1) is 13.6. The molecule has 2 aromatic rings. The van der Waals surface area contributed by atoms with Crippen LogP contribution in [0.25, 0.3) is 0 Å². The smallest absolute Gasteiger partial charge is 0.161 e. The van der Waals surface area contributed by atoms with Gasteiger partial charge in [-0.1, -0.05) is 0 Å². The molecule has 2 aromatic heterocycles. The van der Waals surface area contributed by atoms with Gasteiger partial charge in [-0.05, 0) is 49.8 Å². The quantitative estimate of drug-likeness (QED) is 0.754. The highest BCUT2D eigenvalue weighted by molar-refractivity contribution is 8.00. The minimum absolute atomic E-state index is 0.108. The van der Waals surface area contributed by atoms with Crippen LogP contribution in [0.4, 0.5) is 5.69 Å². The fourth-order valence-corrected chi connectivity index (χ4v) is 5.96. The second-order valence-corrected chi connectivity index (χ2v) is 9.16. The summed E-state index contributed by atoms with van der Waals surface area (Å²) >= 11 is 3.34. The van der Waals surface area contributed by atoms with Crippen molar-refractivity contribution in [1.82, 2.24) is 4.98 Å². The van der Waals surface area contributed by atoms with Crippen LogP contribution in [-0.2, 0) is 4.79 Å². The Labute approximate surface area is 172 Å². The molecule has 142 valence electrons. The maximum atomic E-state index is 13.1. The van der Waals surface area contributed by atoms with Gasteiger partial charge in [0, 0.05) is 28.8 Å². The lowest BCUT2D eigenvalue weighted by molar-refractivity contribution is -0.116. The fourth-order valence-electron chi connectivity index (χ4n) is 4.05. The third-order valence-corrected chi connectivity index (χ3v) is 7.38. The Bertz CT molecular complexity index is 1050. The summed E-state index contributed by atoms with van der Waals surface area (Å²) < 4.78 is 1.13. The molecular weight excluding hydrogens is 388 g/mol. The number of rotatable bonds is 3. The third kappa shape index (κ3) is 2.93. The monoisotopic (exact) mass is 408 g/mol. The van der Waals surface area contributed by atoms with Crippen LogP contribution in [0.3, 0.4) is 0 Å². The van der Waals surface area contributed by atoms with E-state index in [1.54, 1.807) is 35.5 Å². The van der Waals surface area contributed by atoms with Crippen molar-refractivity contribution in [3.63, 3.8) is 0 Å². The van der Waals surface area contributed by atoms with E-state index in [1.165, 1.54) is 0 Å². The molecule has 3 heterocycles. The van der Waals surface area contributed by atoms with Crippen molar-refractivity contribution in [3.05, 3.63) is 63.7 Å². The van der Waals surface area contributed by atoms with Crippen LogP contribution in [0.15, 0.2) is 57.5 Å². The van der Waals surface area contributed by atoms with Crippen LogP contribution in [0.2, 0.25) is 0 Å². The molecule has 0 spiro atoms. The summed E-state index contributed by atoms with van der Waals surface area (Å²) in [4.78, 5) is 20.3. The zero-order valence-electron chi connectivity index (χ0n) is 15.7. The summed E-state index contributed by atoms with van der Waals surface area (Å²) in [7, 11) is 0. The van der Waals surface area contributed by atoms with Crippen LogP contribution in [-0.4, -0.2) is 17.0 Å². The van der Waals surface area contributed by atoms with E-state index in [4.69, 9.17) is 5.73 Å². The average Bonchev–Trinajstić information content (AvgIpc) is 3.08.